The summed E-state index contributed by atoms with van der Waals surface area (Å²) < 4.78 is 9.91. The summed E-state index contributed by atoms with van der Waals surface area (Å²) in [4.78, 5) is 0. The van der Waals surface area contributed by atoms with Crippen molar-refractivity contribution in [1.29, 1.82) is 0 Å². The van der Waals surface area contributed by atoms with Crippen molar-refractivity contribution in [1.82, 2.24) is 0 Å². The first-order chi connectivity index (χ1) is 5.15. The second-order valence-electron chi connectivity index (χ2n) is 2.80. The molecule has 0 aliphatic carbocycles. The van der Waals surface area contributed by atoms with E-state index in [4.69, 9.17) is 14.6 Å². The summed E-state index contributed by atoms with van der Waals surface area (Å²) in [5, 5.41) is 18.5. The molecule has 0 radical (unpaired) electrons. The Kier molecular flexibility index (Phi) is 2.84. The fourth-order valence-electron chi connectivity index (χ4n) is 1.26. The summed E-state index contributed by atoms with van der Waals surface area (Å²) in [6.07, 6.45) is -1.78. The quantitative estimate of drug-likeness (QED) is 0.545. The fourth-order valence-corrected chi connectivity index (χ4v) is 1.26. The van der Waals surface area contributed by atoms with E-state index in [1.165, 1.54) is 7.11 Å². The molecule has 0 amide bonds. The molecule has 11 heavy (non-hydrogen) atoms. The lowest BCUT2D eigenvalue weighted by molar-refractivity contribution is -0.231. The number of methoxy groups -OCH3 is 1. The van der Waals surface area contributed by atoms with Crippen LogP contribution in [0.25, 0.3) is 0 Å². The van der Waals surface area contributed by atoms with Gasteiger partial charge in [-0.25, -0.2) is 0 Å². The second-order valence-corrected chi connectivity index (χ2v) is 2.80. The highest BCUT2D eigenvalue weighted by molar-refractivity contribution is 4.80. The Labute approximate surface area is 65.7 Å². The molecule has 4 nitrogen and oxygen atoms in total. The molecule has 0 bridgehead atoms. The normalized spacial score (nSPS) is 45.8. The molecule has 1 heterocycles. The van der Waals surface area contributed by atoms with Crippen LogP contribution in [0.3, 0.4) is 0 Å². The van der Waals surface area contributed by atoms with Crippen LogP contribution >= 0.6 is 0 Å². The largest absolute Gasteiger partial charge is 0.388 e. The zero-order valence-electron chi connectivity index (χ0n) is 6.73. The molecule has 2 N–H and O–H groups in total. The lowest BCUT2D eigenvalue weighted by Gasteiger charge is -2.34. The second kappa shape index (κ2) is 3.49. The minimum Gasteiger partial charge on any atom is -0.388 e. The van der Waals surface area contributed by atoms with Crippen LogP contribution in [0.2, 0.25) is 0 Å². The van der Waals surface area contributed by atoms with E-state index in [-0.39, 0.29) is 12.2 Å². The van der Waals surface area contributed by atoms with Gasteiger partial charge in [0, 0.05) is 13.5 Å². The average molecular weight is 162 g/mol. The van der Waals surface area contributed by atoms with Gasteiger partial charge in [0.1, 0.15) is 6.10 Å². The third-order valence-electron chi connectivity index (χ3n) is 1.97. The Balaban J connectivity index is 2.51. The smallest absolute Gasteiger partial charge is 0.157 e. The third kappa shape index (κ3) is 1.90. The molecule has 1 saturated heterocycles. The fraction of sp³-hybridized carbons (Fsp3) is 1.00. The number of aliphatic hydroxyl groups excluding tert-OH is 2. The van der Waals surface area contributed by atoms with E-state index >= 15 is 0 Å². The van der Waals surface area contributed by atoms with Gasteiger partial charge in [0.05, 0.1) is 12.2 Å². The van der Waals surface area contributed by atoms with Gasteiger partial charge in [-0.05, 0) is 6.92 Å². The number of hydrogen-bond donors (Lipinski definition) is 2. The van der Waals surface area contributed by atoms with Crippen LogP contribution in [-0.2, 0) is 9.47 Å². The van der Waals surface area contributed by atoms with E-state index in [9.17, 15) is 5.11 Å². The highest BCUT2D eigenvalue weighted by atomic mass is 16.6. The molecule has 0 spiro atoms. The standard InChI is InChI=1S/C7H14O4/c1-4-7(9)5(10-2)3-6(8)11-4/h4-9H,3H2,1-2H3/t4-,5+,6-,7+/m0/s1. The summed E-state index contributed by atoms with van der Waals surface area (Å²) in [6, 6.07) is 0. The summed E-state index contributed by atoms with van der Waals surface area (Å²) in [7, 11) is 1.51. The van der Waals surface area contributed by atoms with Crippen LogP contribution < -0.4 is 0 Å². The SMILES string of the molecule is CO[C@@H]1C[C@@H](O)O[C@@H](C)[C@H]1O. The van der Waals surface area contributed by atoms with Crippen molar-refractivity contribution in [3.8, 4) is 0 Å². The highest BCUT2D eigenvalue weighted by Crippen LogP contribution is 2.20. The Morgan fingerprint density at radius 2 is 2.09 bits per heavy atom. The summed E-state index contributed by atoms with van der Waals surface area (Å²) in [6.45, 7) is 1.71. The maximum Gasteiger partial charge on any atom is 0.157 e. The van der Waals surface area contributed by atoms with Gasteiger partial charge in [0.25, 0.3) is 0 Å². The Morgan fingerprint density at radius 1 is 1.45 bits per heavy atom. The third-order valence-corrected chi connectivity index (χ3v) is 1.97. The van der Waals surface area contributed by atoms with Crippen LogP contribution in [0.4, 0.5) is 0 Å². The van der Waals surface area contributed by atoms with E-state index in [2.05, 4.69) is 0 Å². The van der Waals surface area contributed by atoms with Gasteiger partial charge in [-0.3, -0.25) is 0 Å². The molecule has 0 saturated carbocycles. The summed E-state index contributed by atoms with van der Waals surface area (Å²) >= 11 is 0. The van der Waals surface area contributed by atoms with Crippen LogP contribution in [0, 0.1) is 0 Å². The lowest BCUT2D eigenvalue weighted by atomic mass is 10.0. The number of rotatable bonds is 1. The van der Waals surface area contributed by atoms with Gasteiger partial charge in [0.2, 0.25) is 0 Å². The first kappa shape index (κ1) is 8.93. The van der Waals surface area contributed by atoms with Crippen LogP contribution in [0.15, 0.2) is 0 Å². The van der Waals surface area contributed by atoms with E-state index in [1.54, 1.807) is 6.92 Å². The Hall–Kier alpha value is -0.160. The first-order valence-electron chi connectivity index (χ1n) is 3.69. The minimum absolute atomic E-state index is 0.311. The molecule has 1 fully saturated rings. The number of hydrogen-bond acceptors (Lipinski definition) is 4. The van der Waals surface area contributed by atoms with Crippen molar-refractivity contribution in [3.63, 3.8) is 0 Å². The molecule has 1 rings (SSSR count). The van der Waals surface area contributed by atoms with Crippen molar-refractivity contribution in [2.24, 2.45) is 0 Å². The van der Waals surface area contributed by atoms with Gasteiger partial charge in [-0.2, -0.15) is 0 Å². The van der Waals surface area contributed by atoms with E-state index in [0.29, 0.717) is 6.42 Å². The van der Waals surface area contributed by atoms with E-state index < -0.39 is 12.4 Å². The first-order valence-corrected chi connectivity index (χ1v) is 3.69. The number of ether oxygens (including phenoxy) is 2. The topological polar surface area (TPSA) is 58.9 Å². The molecule has 0 aromatic rings. The van der Waals surface area contributed by atoms with Crippen LogP contribution in [-0.4, -0.2) is 41.9 Å². The molecule has 0 unspecified atom stereocenters. The maximum atomic E-state index is 9.39. The van der Waals surface area contributed by atoms with Crippen LogP contribution in [0.1, 0.15) is 13.3 Å². The molecule has 0 aromatic heterocycles. The van der Waals surface area contributed by atoms with Crippen molar-refractivity contribution >= 4 is 0 Å². The van der Waals surface area contributed by atoms with Gasteiger partial charge < -0.3 is 19.7 Å². The Morgan fingerprint density at radius 3 is 2.64 bits per heavy atom. The molecule has 1 aliphatic rings. The van der Waals surface area contributed by atoms with Crippen molar-refractivity contribution in [2.75, 3.05) is 7.11 Å². The van der Waals surface area contributed by atoms with Gasteiger partial charge in [-0.15, -0.1) is 0 Å². The predicted molar refractivity (Wildman–Crippen MR) is 38.0 cm³/mol. The Bertz CT molecular complexity index is 128. The molecule has 1 aliphatic heterocycles. The van der Waals surface area contributed by atoms with Crippen molar-refractivity contribution in [3.05, 3.63) is 0 Å². The average Bonchev–Trinajstić information content (AvgIpc) is 1.96. The zero-order chi connectivity index (χ0) is 8.43. The monoisotopic (exact) mass is 162 g/mol. The highest BCUT2D eigenvalue weighted by Gasteiger charge is 2.34. The molecule has 4 atom stereocenters. The van der Waals surface area contributed by atoms with Crippen molar-refractivity contribution in [2.45, 2.75) is 37.9 Å². The van der Waals surface area contributed by atoms with Gasteiger partial charge in [-0.1, -0.05) is 0 Å². The maximum absolute atomic E-state index is 9.39. The van der Waals surface area contributed by atoms with Crippen LogP contribution in [0.5, 0.6) is 0 Å². The summed E-state index contributed by atoms with van der Waals surface area (Å²) in [5.41, 5.74) is 0. The zero-order valence-corrected chi connectivity index (χ0v) is 6.73. The van der Waals surface area contributed by atoms with Gasteiger partial charge >= 0.3 is 0 Å². The minimum atomic E-state index is -0.807. The van der Waals surface area contributed by atoms with E-state index in [1.807, 2.05) is 0 Å². The molecule has 4 heteroatoms. The van der Waals surface area contributed by atoms with E-state index in [0.717, 1.165) is 0 Å². The predicted octanol–water partition coefficient (Wildman–Crippen LogP) is -0.510. The van der Waals surface area contributed by atoms with Crippen molar-refractivity contribution < 1.29 is 19.7 Å². The molecule has 66 valence electrons. The molecular formula is C7H14O4. The number of aliphatic hydroxyl groups is 2. The molecule has 0 aromatic carbocycles. The lowest BCUT2D eigenvalue weighted by Crippen LogP contribution is -2.47. The summed E-state index contributed by atoms with van der Waals surface area (Å²) in [5.74, 6) is 0. The van der Waals surface area contributed by atoms with Gasteiger partial charge in [0.15, 0.2) is 6.29 Å². The molecular weight excluding hydrogens is 148 g/mol.